The molecule has 0 unspecified atom stereocenters. The molecular weight excluding hydrogens is 272 g/mol. The highest BCUT2D eigenvalue weighted by molar-refractivity contribution is 7.13. The SMILES string of the molecule is Cc1ccc(C#N)cc1Oc1nc(Cl)c(CO)s1. The molecule has 1 heterocycles. The van der Waals surface area contributed by atoms with Crippen LogP contribution in [0.4, 0.5) is 0 Å². The second-order valence-corrected chi connectivity index (χ2v) is 4.95. The van der Waals surface area contributed by atoms with E-state index < -0.39 is 0 Å². The first-order valence-corrected chi connectivity index (χ1v) is 6.28. The number of hydrogen-bond acceptors (Lipinski definition) is 5. The van der Waals surface area contributed by atoms with Crippen molar-refractivity contribution in [2.24, 2.45) is 0 Å². The average Bonchev–Trinajstić information content (AvgIpc) is 2.72. The van der Waals surface area contributed by atoms with Crippen molar-refractivity contribution in [3.63, 3.8) is 0 Å². The van der Waals surface area contributed by atoms with Crippen molar-refractivity contribution in [3.05, 3.63) is 39.4 Å². The van der Waals surface area contributed by atoms with E-state index in [9.17, 15) is 0 Å². The highest BCUT2D eigenvalue weighted by atomic mass is 35.5. The second-order valence-electron chi connectivity index (χ2n) is 3.55. The van der Waals surface area contributed by atoms with E-state index in [1.54, 1.807) is 18.2 Å². The van der Waals surface area contributed by atoms with Gasteiger partial charge in [0.05, 0.1) is 23.1 Å². The molecule has 0 radical (unpaired) electrons. The number of nitrogens with zero attached hydrogens (tertiary/aromatic N) is 2. The van der Waals surface area contributed by atoms with Gasteiger partial charge in [0.15, 0.2) is 0 Å². The Morgan fingerprint density at radius 3 is 2.94 bits per heavy atom. The lowest BCUT2D eigenvalue weighted by Crippen LogP contribution is -1.88. The van der Waals surface area contributed by atoms with Crippen LogP contribution in [-0.2, 0) is 6.61 Å². The first kappa shape index (κ1) is 12.8. The third-order valence-corrected chi connectivity index (χ3v) is 3.63. The Morgan fingerprint density at radius 2 is 2.33 bits per heavy atom. The highest BCUT2D eigenvalue weighted by Crippen LogP contribution is 2.33. The van der Waals surface area contributed by atoms with Crippen LogP contribution in [0.15, 0.2) is 18.2 Å². The van der Waals surface area contributed by atoms with Gasteiger partial charge in [-0.25, -0.2) is 0 Å². The van der Waals surface area contributed by atoms with Gasteiger partial charge >= 0.3 is 0 Å². The van der Waals surface area contributed by atoms with Crippen LogP contribution in [0.5, 0.6) is 10.9 Å². The summed E-state index contributed by atoms with van der Waals surface area (Å²) in [5.41, 5.74) is 1.41. The van der Waals surface area contributed by atoms with Gasteiger partial charge in [-0.15, -0.1) is 0 Å². The summed E-state index contributed by atoms with van der Waals surface area (Å²) in [5.74, 6) is 0.559. The van der Waals surface area contributed by atoms with Gasteiger partial charge in [0.25, 0.3) is 5.19 Å². The molecule has 0 aliphatic carbocycles. The van der Waals surface area contributed by atoms with E-state index in [0.717, 1.165) is 5.56 Å². The predicted molar refractivity (Wildman–Crippen MR) is 69.0 cm³/mol. The van der Waals surface area contributed by atoms with Gasteiger partial charge in [-0.3, -0.25) is 0 Å². The molecule has 0 fully saturated rings. The summed E-state index contributed by atoms with van der Waals surface area (Å²) in [6.45, 7) is 1.70. The first-order valence-electron chi connectivity index (χ1n) is 5.08. The van der Waals surface area contributed by atoms with Gasteiger partial charge < -0.3 is 9.84 Å². The number of rotatable bonds is 3. The van der Waals surface area contributed by atoms with Gasteiger partial charge in [0, 0.05) is 0 Å². The molecule has 2 aromatic rings. The number of hydrogen-bond donors (Lipinski definition) is 1. The van der Waals surface area contributed by atoms with Crippen LogP contribution in [0, 0.1) is 18.3 Å². The van der Waals surface area contributed by atoms with Gasteiger partial charge in [-0.05, 0) is 24.6 Å². The normalized spacial score (nSPS) is 10.1. The number of ether oxygens (including phenoxy) is 1. The molecule has 1 aromatic carbocycles. The van der Waals surface area contributed by atoms with E-state index >= 15 is 0 Å². The lowest BCUT2D eigenvalue weighted by Gasteiger charge is -2.05. The molecule has 18 heavy (non-hydrogen) atoms. The number of aryl methyl sites for hydroxylation is 1. The number of aliphatic hydroxyl groups is 1. The van der Waals surface area contributed by atoms with E-state index in [-0.39, 0.29) is 11.8 Å². The monoisotopic (exact) mass is 280 g/mol. The van der Waals surface area contributed by atoms with Crippen molar-refractivity contribution in [1.82, 2.24) is 4.98 Å². The smallest absolute Gasteiger partial charge is 0.280 e. The topological polar surface area (TPSA) is 66.1 Å². The zero-order valence-electron chi connectivity index (χ0n) is 9.48. The Morgan fingerprint density at radius 1 is 1.56 bits per heavy atom. The molecule has 0 spiro atoms. The molecule has 4 nitrogen and oxygen atoms in total. The standard InChI is InChI=1S/C12H9ClN2O2S/c1-7-2-3-8(5-14)4-9(7)17-12-15-11(13)10(6-16)18-12/h2-4,16H,6H2,1H3. The van der Waals surface area contributed by atoms with E-state index in [4.69, 9.17) is 26.7 Å². The van der Waals surface area contributed by atoms with Crippen molar-refractivity contribution < 1.29 is 9.84 Å². The maximum atomic E-state index is 9.02. The summed E-state index contributed by atoms with van der Waals surface area (Å²) in [4.78, 5) is 4.55. The van der Waals surface area contributed by atoms with Crippen molar-refractivity contribution >= 4 is 22.9 Å². The zero-order valence-corrected chi connectivity index (χ0v) is 11.0. The molecule has 0 aliphatic heterocycles. The molecule has 6 heteroatoms. The summed E-state index contributed by atoms with van der Waals surface area (Å²) >= 11 is 6.99. The van der Waals surface area contributed by atoms with Crippen molar-refractivity contribution in [2.75, 3.05) is 0 Å². The fourth-order valence-electron chi connectivity index (χ4n) is 1.33. The minimum atomic E-state index is -0.170. The quantitative estimate of drug-likeness (QED) is 0.937. The maximum absolute atomic E-state index is 9.02. The van der Waals surface area contributed by atoms with Gasteiger partial charge in [0.1, 0.15) is 10.9 Å². The third kappa shape index (κ3) is 2.62. The minimum Gasteiger partial charge on any atom is -0.431 e. The molecule has 0 bridgehead atoms. The van der Waals surface area contributed by atoms with Crippen LogP contribution in [0.25, 0.3) is 0 Å². The number of aliphatic hydroxyl groups excluding tert-OH is 1. The predicted octanol–water partition coefficient (Wildman–Crippen LogP) is 3.26. The zero-order chi connectivity index (χ0) is 13.1. The number of nitriles is 1. The van der Waals surface area contributed by atoms with Crippen LogP contribution >= 0.6 is 22.9 Å². The molecule has 1 N–H and O–H groups in total. The summed E-state index contributed by atoms with van der Waals surface area (Å²) in [6, 6.07) is 7.21. The molecule has 0 amide bonds. The summed E-state index contributed by atoms with van der Waals surface area (Å²) in [6.07, 6.45) is 0. The van der Waals surface area contributed by atoms with Crippen molar-refractivity contribution in [1.29, 1.82) is 5.26 Å². The number of halogens is 1. The minimum absolute atomic E-state index is 0.170. The molecular formula is C12H9ClN2O2S. The van der Waals surface area contributed by atoms with Crippen LogP contribution < -0.4 is 4.74 Å². The van der Waals surface area contributed by atoms with Crippen LogP contribution in [0.2, 0.25) is 5.15 Å². The van der Waals surface area contributed by atoms with Crippen LogP contribution in [0.3, 0.4) is 0 Å². The van der Waals surface area contributed by atoms with Gasteiger partial charge in [0.2, 0.25) is 0 Å². The molecule has 0 aliphatic rings. The van der Waals surface area contributed by atoms with E-state index in [1.807, 2.05) is 13.0 Å². The van der Waals surface area contributed by atoms with Crippen molar-refractivity contribution in [3.8, 4) is 17.0 Å². The second kappa shape index (κ2) is 5.36. The van der Waals surface area contributed by atoms with E-state index in [1.165, 1.54) is 11.3 Å². The highest BCUT2D eigenvalue weighted by Gasteiger charge is 2.11. The fourth-order valence-corrected chi connectivity index (χ4v) is 2.30. The maximum Gasteiger partial charge on any atom is 0.280 e. The average molecular weight is 281 g/mol. The summed E-state index contributed by atoms with van der Waals surface area (Å²) in [5, 5.41) is 18.4. The molecule has 0 saturated heterocycles. The summed E-state index contributed by atoms with van der Waals surface area (Å²) in [7, 11) is 0. The Kier molecular flexibility index (Phi) is 3.82. The Hall–Kier alpha value is -1.61. The molecule has 92 valence electrons. The van der Waals surface area contributed by atoms with Crippen molar-refractivity contribution in [2.45, 2.75) is 13.5 Å². The summed E-state index contributed by atoms with van der Waals surface area (Å²) < 4.78 is 5.58. The van der Waals surface area contributed by atoms with E-state index in [2.05, 4.69) is 4.98 Å². The molecule has 1 aromatic heterocycles. The first-order chi connectivity index (χ1) is 8.63. The van der Waals surface area contributed by atoms with Crippen LogP contribution in [0.1, 0.15) is 16.0 Å². The van der Waals surface area contributed by atoms with E-state index in [0.29, 0.717) is 21.4 Å². The van der Waals surface area contributed by atoms with Crippen LogP contribution in [-0.4, -0.2) is 10.1 Å². The molecule has 0 atom stereocenters. The van der Waals surface area contributed by atoms with Gasteiger partial charge in [-0.2, -0.15) is 10.2 Å². The third-order valence-electron chi connectivity index (χ3n) is 2.29. The Bertz CT molecular complexity index is 619. The Labute approximate surface area is 113 Å². The number of thiazole rings is 1. The molecule has 2 rings (SSSR count). The lowest BCUT2D eigenvalue weighted by atomic mass is 10.1. The largest absolute Gasteiger partial charge is 0.431 e. The fraction of sp³-hybridized carbons (Fsp3) is 0.167. The molecule has 0 saturated carbocycles. The lowest BCUT2D eigenvalue weighted by molar-refractivity contribution is 0.285. The van der Waals surface area contributed by atoms with Gasteiger partial charge in [-0.1, -0.05) is 29.0 Å². The Balaban J connectivity index is 2.30. The number of benzene rings is 1. The number of aromatic nitrogens is 1.